The first-order valence-corrected chi connectivity index (χ1v) is 6.63. The Kier molecular flexibility index (Phi) is 4.04. The van der Waals surface area contributed by atoms with Gasteiger partial charge in [0.05, 0.1) is 4.47 Å². The average Bonchev–Trinajstić information content (AvgIpc) is 2.35. The molecular weight excluding hydrogens is 290 g/mol. The normalized spacial score (nSPS) is 10.4. The van der Waals surface area contributed by atoms with E-state index in [-0.39, 0.29) is 0 Å². The molecule has 0 radical (unpaired) electrons. The van der Waals surface area contributed by atoms with Crippen molar-refractivity contribution in [3.8, 4) is 11.5 Å². The van der Waals surface area contributed by atoms with Gasteiger partial charge in [0.15, 0.2) is 0 Å². The van der Waals surface area contributed by atoms with E-state index in [2.05, 4.69) is 22.9 Å². The predicted octanol–water partition coefficient (Wildman–Crippen LogP) is 4.32. The van der Waals surface area contributed by atoms with E-state index in [0.29, 0.717) is 6.54 Å². The predicted molar refractivity (Wildman–Crippen MR) is 78.0 cm³/mol. The molecule has 0 aliphatic rings. The van der Waals surface area contributed by atoms with E-state index >= 15 is 0 Å². The lowest BCUT2D eigenvalue weighted by Crippen LogP contribution is -1.97. The molecule has 0 heterocycles. The molecule has 0 saturated heterocycles. The third-order valence-electron chi connectivity index (χ3n) is 2.80. The molecule has 2 nitrogen and oxygen atoms in total. The largest absolute Gasteiger partial charge is 0.456 e. The molecule has 2 rings (SSSR count). The summed E-state index contributed by atoms with van der Waals surface area (Å²) < 4.78 is 6.89. The Balaban J connectivity index is 2.33. The van der Waals surface area contributed by atoms with E-state index in [9.17, 15) is 0 Å². The van der Waals surface area contributed by atoms with Gasteiger partial charge in [0, 0.05) is 6.54 Å². The van der Waals surface area contributed by atoms with Crippen molar-refractivity contribution in [2.24, 2.45) is 5.73 Å². The van der Waals surface area contributed by atoms with Crippen molar-refractivity contribution in [2.45, 2.75) is 20.4 Å². The van der Waals surface area contributed by atoms with Crippen LogP contribution in [-0.2, 0) is 6.54 Å². The van der Waals surface area contributed by atoms with Crippen LogP contribution in [-0.4, -0.2) is 0 Å². The molecule has 0 atom stereocenters. The van der Waals surface area contributed by atoms with E-state index < -0.39 is 0 Å². The second-order valence-corrected chi connectivity index (χ2v) is 5.19. The van der Waals surface area contributed by atoms with Crippen LogP contribution in [0.4, 0.5) is 0 Å². The van der Waals surface area contributed by atoms with E-state index in [1.54, 1.807) is 0 Å². The molecule has 0 unspecified atom stereocenters. The summed E-state index contributed by atoms with van der Waals surface area (Å²) in [5.41, 5.74) is 9.01. The van der Waals surface area contributed by atoms with Crippen LogP contribution in [0.2, 0.25) is 0 Å². The van der Waals surface area contributed by atoms with Gasteiger partial charge in [-0.1, -0.05) is 18.2 Å². The molecule has 0 aliphatic carbocycles. The molecule has 18 heavy (non-hydrogen) atoms. The molecule has 0 spiro atoms. The van der Waals surface area contributed by atoms with Gasteiger partial charge in [-0.05, 0) is 64.7 Å². The van der Waals surface area contributed by atoms with Crippen LogP contribution in [0.3, 0.4) is 0 Å². The Bertz CT molecular complexity index is 566. The van der Waals surface area contributed by atoms with Crippen LogP contribution in [0.15, 0.2) is 40.9 Å². The van der Waals surface area contributed by atoms with Crippen molar-refractivity contribution in [2.75, 3.05) is 0 Å². The van der Waals surface area contributed by atoms with Crippen LogP contribution in [0.25, 0.3) is 0 Å². The topological polar surface area (TPSA) is 35.2 Å². The number of nitrogens with two attached hydrogens (primary N) is 1. The Morgan fingerprint density at radius 1 is 1.06 bits per heavy atom. The Morgan fingerprint density at radius 2 is 1.83 bits per heavy atom. The third-order valence-corrected chi connectivity index (χ3v) is 3.42. The summed E-state index contributed by atoms with van der Waals surface area (Å²) in [7, 11) is 0. The number of ether oxygens (including phenoxy) is 1. The second-order valence-electron chi connectivity index (χ2n) is 4.34. The standard InChI is InChI=1S/C15H16BrNO/c1-10-3-6-14(13(16)7-10)18-15-8-12(9-17)5-4-11(15)2/h3-8H,9,17H2,1-2H3. The van der Waals surface area contributed by atoms with E-state index in [4.69, 9.17) is 10.5 Å². The van der Waals surface area contributed by atoms with Crippen molar-refractivity contribution in [1.29, 1.82) is 0 Å². The van der Waals surface area contributed by atoms with Gasteiger partial charge >= 0.3 is 0 Å². The molecule has 0 fully saturated rings. The highest BCUT2D eigenvalue weighted by atomic mass is 79.9. The lowest BCUT2D eigenvalue weighted by atomic mass is 10.1. The summed E-state index contributed by atoms with van der Waals surface area (Å²) in [6.07, 6.45) is 0. The smallest absolute Gasteiger partial charge is 0.141 e. The zero-order chi connectivity index (χ0) is 13.1. The third kappa shape index (κ3) is 2.92. The molecule has 0 saturated carbocycles. The fraction of sp³-hybridized carbons (Fsp3) is 0.200. The number of hydrogen-bond acceptors (Lipinski definition) is 2. The van der Waals surface area contributed by atoms with Gasteiger partial charge in [-0.2, -0.15) is 0 Å². The highest BCUT2D eigenvalue weighted by Gasteiger charge is 2.06. The van der Waals surface area contributed by atoms with Crippen LogP contribution < -0.4 is 10.5 Å². The Morgan fingerprint density at radius 3 is 2.50 bits per heavy atom. The molecule has 2 aromatic rings. The molecule has 0 aliphatic heterocycles. The molecule has 3 heteroatoms. The van der Waals surface area contributed by atoms with Gasteiger partial charge < -0.3 is 10.5 Å². The number of benzene rings is 2. The monoisotopic (exact) mass is 305 g/mol. The van der Waals surface area contributed by atoms with Gasteiger partial charge in [0.2, 0.25) is 0 Å². The molecule has 0 aromatic heterocycles. The molecule has 2 aromatic carbocycles. The minimum Gasteiger partial charge on any atom is -0.456 e. The molecule has 0 amide bonds. The maximum absolute atomic E-state index is 5.93. The number of aryl methyl sites for hydroxylation is 2. The summed E-state index contributed by atoms with van der Waals surface area (Å²) in [6, 6.07) is 12.1. The maximum Gasteiger partial charge on any atom is 0.141 e. The summed E-state index contributed by atoms with van der Waals surface area (Å²) in [4.78, 5) is 0. The summed E-state index contributed by atoms with van der Waals surface area (Å²) in [5, 5.41) is 0. The van der Waals surface area contributed by atoms with Crippen molar-refractivity contribution < 1.29 is 4.74 Å². The zero-order valence-electron chi connectivity index (χ0n) is 10.5. The summed E-state index contributed by atoms with van der Waals surface area (Å²) in [5.74, 6) is 1.67. The van der Waals surface area contributed by atoms with E-state index in [1.807, 2.05) is 43.3 Å². The van der Waals surface area contributed by atoms with Gasteiger partial charge in [0.25, 0.3) is 0 Å². The summed E-state index contributed by atoms with van der Waals surface area (Å²) in [6.45, 7) is 4.60. The van der Waals surface area contributed by atoms with Crippen LogP contribution >= 0.6 is 15.9 Å². The highest BCUT2D eigenvalue weighted by molar-refractivity contribution is 9.10. The number of hydrogen-bond donors (Lipinski definition) is 1. The number of rotatable bonds is 3. The minimum atomic E-state index is 0.520. The Labute approximate surface area is 116 Å². The molecule has 2 N–H and O–H groups in total. The fourth-order valence-electron chi connectivity index (χ4n) is 1.69. The van der Waals surface area contributed by atoms with Crippen molar-refractivity contribution in [3.63, 3.8) is 0 Å². The van der Waals surface area contributed by atoms with Gasteiger partial charge in [-0.3, -0.25) is 0 Å². The van der Waals surface area contributed by atoms with E-state index in [1.165, 1.54) is 5.56 Å². The second kappa shape index (κ2) is 5.55. The van der Waals surface area contributed by atoms with Gasteiger partial charge in [-0.15, -0.1) is 0 Å². The summed E-state index contributed by atoms with van der Waals surface area (Å²) >= 11 is 3.52. The van der Waals surface area contributed by atoms with Crippen LogP contribution in [0.5, 0.6) is 11.5 Å². The first kappa shape index (κ1) is 13.1. The van der Waals surface area contributed by atoms with Crippen LogP contribution in [0, 0.1) is 13.8 Å². The van der Waals surface area contributed by atoms with Crippen LogP contribution in [0.1, 0.15) is 16.7 Å². The van der Waals surface area contributed by atoms with Gasteiger partial charge in [0.1, 0.15) is 11.5 Å². The molecular formula is C15H16BrNO. The minimum absolute atomic E-state index is 0.520. The average molecular weight is 306 g/mol. The lowest BCUT2D eigenvalue weighted by molar-refractivity contribution is 0.475. The first-order chi connectivity index (χ1) is 8.60. The van der Waals surface area contributed by atoms with Crippen molar-refractivity contribution >= 4 is 15.9 Å². The first-order valence-electron chi connectivity index (χ1n) is 5.84. The number of halogens is 1. The van der Waals surface area contributed by atoms with Gasteiger partial charge in [-0.25, -0.2) is 0 Å². The fourth-order valence-corrected chi connectivity index (χ4v) is 2.26. The van der Waals surface area contributed by atoms with Crippen molar-refractivity contribution in [3.05, 3.63) is 57.6 Å². The zero-order valence-corrected chi connectivity index (χ0v) is 12.1. The SMILES string of the molecule is Cc1ccc(Oc2cc(CN)ccc2C)c(Br)c1. The highest BCUT2D eigenvalue weighted by Crippen LogP contribution is 2.32. The quantitative estimate of drug-likeness (QED) is 0.916. The van der Waals surface area contributed by atoms with E-state index in [0.717, 1.165) is 27.1 Å². The Hall–Kier alpha value is -1.32. The molecule has 0 bridgehead atoms. The van der Waals surface area contributed by atoms with Crippen molar-refractivity contribution in [1.82, 2.24) is 0 Å². The lowest BCUT2D eigenvalue weighted by Gasteiger charge is -2.12. The maximum atomic E-state index is 5.93. The molecule has 94 valence electrons.